The van der Waals surface area contributed by atoms with Crippen molar-refractivity contribution in [1.82, 2.24) is 9.97 Å². The molecule has 35 heavy (non-hydrogen) atoms. The van der Waals surface area contributed by atoms with Crippen molar-refractivity contribution >= 4 is 50.7 Å². The zero-order chi connectivity index (χ0) is 25.4. The lowest BCUT2D eigenvalue weighted by molar-refractivity contribution is -0.432. The summed E-state index contributed by atoms with van der Waals surface area (Å²) in [5.41, 5.74) is 6.08. The number of rotatable bonds is 10. The van der Waals surface area contributed by atoms with Gasteiger partial charge in [0.2, 0.25) is 5.88 Å². The number of ether oxygens (including phenoxy) is 2. The summed E-state index contributed by atoms with van der Waals surface area (Å²) in [6, 6.07) is 10.1. The van der Waals surface area contributed by atoms with E-state index >= 15 is 0 Å². The summed E-state index contributed by atoms with van der Waals surface area (Å²) in [6.07, 6.45) is 0. The lowest BCUT2D eigenvalue weighted by Gasteiger charge is -2.07. The van der Waals surface area contributed by atoms with Gasteiger partial charge in [-0.2, -0.15) is 28.6 Å². The van der Waals surface area contributed by atoms with Gasteiger partial charge in [0.1, 0.15) is 10.6 Å². The Labute approximate surface area is 202 Å². The molecule has 0 aliphatic rings. The summed E-state index contributed by atoms with van der Waals surface area (Å²) in [4.78, 5) is 7.83. The molecular formula is C18H17N7O8S2. The van der Waals surface area contributed by atoms with Crippen molar-refractivity contribution < 1.29 is 37.1 Å². The molecule has 0 aliphatic carbocycles. The number of hydrogen-bond acceptors (Lipinski definition) is 15. The first-order valence-electron chi connectivity index (χ1n) is 9.20. The molecule has 15 nitrogen and oxygen atoms in total. The number of aromatic nitrogens is 2. The van der Waals surface area contributed by atoms with E-state index in [4.69, 9.17) is 20.5 Å². The van der Waals surface area contributed by atoms with Crippen LogP contribution in [0, 0.1) is 0 Å². The Balaban J connectivity index is 1.90. The molecule has 0 saturated heterocycles. The van der Waals surface area contributed by atoms with Crippen molar-refractivity contribution in [2.24, 2.45) is 20.5 Å². The number of nitrogens with two attached hydrogens (primary N) is 1. The highest BCUT2D eigenvalue weighted by Crippen LogP contribution is 2.36. The minimum absolute atomic E-state index is 0.0585. The number of benzene rings is 2. The van der Waals surface area contributed by atoms with E-state index in [1.165, 1.54) is 26.4 Å². The fourth-order valence-electron chi connectivity index (χ4n) is 2.45. The van der Waals surface area contributed by atoms with Gasteiger partial charge in [0.25, 0.3) is 10.1 Å². The number of nitrogens with zero attached hydrogens (tertiary/aromatic N) is 6. The quantitative estimate of drug-likeness (QED) is 0.109. The molecule has 4 N–H and O–H groups in total. The predicted molar refractivity (Wildman–Crippen MR) is 121 cm³/mol. The van der Waals surface area contributed by atoms with Gasteiger partial charge in [0.15, 0.2) is 11.5 Å². The van der Waals surface area contributed by atoms with Crippen LogP contribution >= 0.6 is 12.0 Å². The topological polar surface area (TPSA) is 213 Å². The van der Waals surface area contributed by atoms with E-state index in [2.05, 4.69) is 39.8 Å². The standard InChI is InChI=1S/C18H17N7O8S2/c1-30-17-15(16(19)20-18(21-17)31-2)25-24-13-8-5-11(9-14(13)35(27,28)29)23-22-10-3-6-12(7-4-10)34-33-32-26/h3-9,26H,1-2H3,(H2,19,20,21)(H,27,28,29). The average molecular weight is 524 g/mol. The second-order valence-electron chi connectivity index (χ2n) is 6.20. The van der Waals surface area contributed by atoms with Crippen molar-refractivity contribution in [3.8, 4) is 11.9 Å². The summed E-state index contributed by atoms with van der Waals surface area (Å²) in [5, 5.41) is 27.4. The van der Waals surface area contributed by atoms with Gasteiger partial charge in [-0.05, 0) is 42.5 Å². The Kier molecular flexibility index (Phi) is 8.58. The van der Waals surface area contributed by atoms with Gasteiger partial charge < -0.3 is 15.2 Å². The van der Waals surface area contributed by atoms with Crippen LogP contribution in [-0.2, 0) is 19.5 Å². The molecule has 0 fully saturated rings. The van der Waals surface area contributed by atoms with Crippen LogP contribution < -0.4 is 15.2 Å². The van der Waals surface area contributed by atoms with Crippen molar-refractivity contribution in [2.75, 3.05) is 20.0 Å². The van der Waals surface area contributed by atoms with E-state index in [0.717, 1.165) is 18.1 Å². The SMILES string of the molecule is COc1nc(N)c(N=Nc2ccc(N=Nc3ccc(SOOO)cc3)cc2S(=O)(=O)O)c(OC)n1. The molecule has 0 atom stereocenters. The third kappa shape index (κ3) is 6.88. The van der Waals surface area contributed by atoms with Gasteiger partial charge in [-0.15, -0.1) is 14.6 Å². The molecule has 0 bridgehead atoms. The summed E-state index contributed by atoms with van der Waals surface area (Å²) in [7, 11) is -2.06. The van der Waals surface area contributed by atoms with Crippen LogP contribution in [0.2, 0.25) is 0 Å². The second-order valence-corrected chi connectivity index (χ2v) is 8.36. The maximum atomic E-state index is 11.9. The first-order chi connectivity index (χ1) is 16.7. The van der Waals surface area contributed by atoms with Crippen molar-refractivity contribution in [2.45, 2.75) is 9.79 Å². The molecule has 1 aromatic heterocycles. The molecule has 17 heteroatoms. The molecular weight excluding hydrogens is 506 g/mol. The van der Waals surface area contributed by atoms with E-state index in [1.807, 2.05) is 0 Å². The second kappa shape index (κ2) is 11.6. The molecule has 2 aromatic carbocycles. The van der Waals surface area contributed by atoms with Gasteiger partial charge in [0.05, 0.1) is 37.6 Å². The minimum atomic E-state index is -4.71. The maximum Gasteiger partial charge on any atom is 0.321 e. The summed E-state index contributed by atoms with van der Waals surface area (Å²) in [6.45, 7) is 0. The average Bonchev–Trinajstić information content (AvgIpc) is 2.85. The largest absolute Gasteiger partial charge is 0.479 e. The molecule has 0 unspecified atom stereocenters. The minimum Gasteiger partial charge on any atom is -0.479 e. The van der Waals surface area contributed by atoms with Crippen molar-refractivity contribution in [3.63, 3.8) is 0 Å². The molecule has 184 valence electrons. The zero-order valence-corrected chi connectivity index (χ0v) is 19.6. The molecule has 1 heterocycles. The third-order valence-corrected chi connectivity index (χ3v) is 5.47. The molecule has 0 aliphatic heterocycles. The molecule has 0 saturated carbocycles. The van der Waals surface area contributed by atoms with E-state index < -0.39 is 15.0 Å². The lowest BCUT2D eigenvalue weighted by atomic mass is 10.3. The van der Waals surface area contributed by atoms with Gasteiger partial charge in [-0.3, -0.25) is 4.55 Å². The fourth-order valence-corrected chi connectivity index (χ4v) is 3.45. The number of methoxy groups -OCH3 is 2. The van der Waals surface area contributed by atoms with Crippen molar-refractivity contribution in [3.05, 3.63) is 42.5 Å². The van der Waals surface area contributed by atoms with E-state index in [9.17, 15) is 13.0 Å². The number of azo groups is 2. The van der Waals surface area contributed by atoms with Gasteiger partial charge in [0, 0.05) is 4.90 Å². The Morgan fingerprint density at radius 1 is 0.943 bits per heavy atom. The van der Waals surface area contributed by atoms with E-state index in [-0.39, 0.29) is 34.8 Å². The summed E-state index contributed by atoms with van der Waals surface area (Å²) in [5.74, 6) is -0.187. The first kappa shape index (κ1) is 25.9. The number of anilines is 1. The van der Waals surface area contributed by atoms with Crippen LogP contribution in [0.15, 0.2) is 72.7 Å². The van der Waals surface area contributed by atoms with Crippen LogP contribution in [0.4, 0.5) is 28.6 Å². The van der Waals surface area contributed by atoms with Gasteiger partial charge in [-0.1, -0.05) is 5.04 Å². The van der Waals surface area contributed by atoms with Crippen LogP contribution in [0.5, 0.6) is 11.9 Å². The van der Waals surface area contributed by atoms with E-state index in [1.54, 1.807) is 24.3 Å². The molecule has 0 spiro atoms. The van der Waals surface area contributed by atoms with E-state index in [0.29, 0.717) is 10.6 Å². The molecule has 3 rings (SSSR count). The van der Waals surface area contributed by atoms with Crippen molar-refractivity contribution in [1.29, 1.82) is 0 Å². The predicted octanol–water partition coefficient (Wildman–Crippen LogP) is 4.58. The zero-order valence-electron chi connectivity index (χ0n) is 18.0. The first-order valence-corrected chi connectivity index (χ1v) is 11.4. The Morgan fingerprint density at radius 3 is 2.26 bits per heavy atom. The molecule has 3 aromatic rings. The Hall–Kier alpha value is -3.74. The number of nitrogen functional groups attached to an aromatic ring is 1. The van der Waals surface area contributed by atoms with Crippen LogP contribution in [0.3, 0.4) is 0 Å². The highest BCUT2D eigenvalue weighted by Gasteiger charge is 2.18. The Bertz CT molecular complexity index is 1350. The highest BCUT2D eigenvalue weighted by molar-refractivity contribution is 7.94. The smallest absolute Gasteiger partial charge is 0.321 e. The monoisotopic (exact) mass is 523 g/mol. The van der Waals surface area contributed by atoms with Crippen LogP contribution in [-0.4, -0.2) is 42.4 Å². The lowest BCUT2D eigenvalue weighted by Crippen LogP contribution is -2.00. The third-order valence-electron chi connectivity index (χ3n) is 3.99. The van der Waals surface area contributed by atoms with Crippen LogP contribution in [0.1, 0.15) is 0 Å². The summed E-state index contributed by atoms with van der Waals surface area (Å²) >= 11 is 0.770. The normalized spacial score (nSPS) is 11.9. The van der Waals surface area contributed by atoms with Crippen LogP contribution in [0.25, 0.3) is 0 Å². The Morgan fingerprint density at radius 2 is 1.63 bits per heavy atom. The van der Waals surface area contributed by atoms with Gasteiger partial charge >= 0.3 is 6.01 Å². The fraction of sp³-hybridized carbons (Fsp3) is 0.111. The summed E-state index contributed by atoms with van der Waals surface area (Å²) < 4.78 is 47.9. The maximum absolute atomic E-state index is 11.9. The highest BCUT2D eigenvalue weighted by atomic mass is 32.2. The number of hydrogen-bond donors (Lipinski definition) is 3. The van der Waals surface area contributed by atoms with Gasteiger partial charge in [-0.25, -0.2) is 5.26 Å². The molecule has 0 radical (unpaired) electrons. The molecule has 0 amide bonds.